The maximum Gasteiger partial charge on any atom is 3.00 e. The third-order valence-corrected chi connectivity index (χ3v) is 2.76. The summed E-state index contributed by atoms with van der Waals surface area (Å²) in [5.74, 6) is 0. The molecular formula is C17H17Zr. The standard InChI is InChI=1S/C15H11.2CH3.Zr/c1-2-6-12(7-3-1)14-10-4-8-13-9-5-11-15(13)14;;;/h1-11H;2*1H3;/q3*-1;+3. The summed E-state index contributed by atoms with van der Waals surface area (Å²) in [4.78, 5) is 0. The van der Waals surface area contributed by atoms with Crippen LogP contribution in [-0.4, -0.2) is 0 Å². The van der Waals surface area contributed by atoms with Crippen molar-refractivity contribution in [3.05, 3.63) is 81.6 Å². The van der Waals surface area contributed by atoms with Gasteiger partial charge in [-0.15, -0.1) is 29.0 Å². The van der Waals surface area contributed by atoms with E-state index in [4.69, 9.17) is 0 Å². The molecule has 0 aromatic heterocycles. The summed E-state index contributed by atoms with van der Waals surface area (Å²) in [6.07, 6.45) is 0. The van der Waals surface area contributed by atoms with Crippen molar-refractivity contribution in [3.8, 4) is 11.1 Å². The third-order valence-electron chi connectivity index (χ3n) is 2.76. The maximum atomic E-state index is 2.18. The zero-order valence-corrected chi connectivity index (χ0v) is 13.3. The summed E-state index contributed by atoms with van der Waals surface area (Å²) in [5.41, 5.74) is 2.60. The molecule has 1 radical (unpaired) electrons. The van der Waals surface area contributed by atoms with Gasteiger partial charge >= 0.3 is 26.2 Å². The van der Waals surface area contributed by atoms with E-state index in [1.165, 1.54) is 21.9 Å². The molecule has 0 nitrogen and oxygen atoms in total. The van der Waals surface area contributed by atoms with E-state index >= 15 is 0 Å². The smallest absolute Gasteiger partial charge is 0.358 e. The third kappa shape index (κ3) is 3.03. The van der Waals surface area contributed by atoms with E-state index < -0.39 is 0 Å². The molecule has 0 unspecified atom stereocenters. The second-order valence-electron chi connectivity index (χ2n) is 3.70. The Morgan fingerprint density at radius 1 is 0.722 bits per heavy atom. The van der Waals surface area contributed by atoms with Crippen LogP contribution in [0.25, 0.3) is 21.9 Å². The van der Waals surface area contributed by atoms with Crippen molar-refractivity contribution in [1.82, 2.24) is 0 Å². The molecule has 0 spiro atoms. The molecule has 3 aromatic rings. The normalized spacial score (nSPS) is 8.89. The van der Waals surface area contributed by atoms with Crippen molar-refractivity contribution in [2.75, 3.05) is 0 Å². The van der Waals surface area contributed by atoms with Crippen LogP contribution in [0.3, 0.4) is 0 Å². The first kappa shape index (κ1) is 16.9. The zero-order valence-electron chi connectivity index (χ0n) is 10.9. The second kappa shape index (κ2) is 7.39. The molecule has 0 N–H and O–H groups in total. The minimum atomic E-state index is 0. The van der Waals surface area contributed by atoms with Crippen LogP contribution in [0.5, 0.6) is 0 Å². The first-order valence-electron chi connectivity index (χ1n) is 5.15. The Kier molecular flexibility index (Phi) is 6.95. The maximum absolute atomic E-state index is 2.18. The van der Waals surface area contributed by atoms with Crippen LogP contribution in [-0.2, 0) is 26.2 Å². The fourth-order valence-corrected chi connectivity index (χ4v) is 2.03. The second-order valence-corrected chi connectivity index (χ2v) is 3.70. The van der Waals surface area contributed by atoms with E-state index in [1.807, 2.05) is 0 Å². The van der Waals surface area contributed by atoms with Crippen LogP contribution in [0, 0.1) is 14.9 Å². The molecule has 0 atom stereocenters. The van der Waals surface area contributed by atoms with Crippen LogP contribution in [0.15, 0.2) is 66.7 Å². The van der Waals surface area contributed by atoms with E-state index in [9.17, 15) is 0 Å². The van der Waals surface area contributed by atoms with Gasteiger partial charge in [0.05, 0.1) is 0 Å². The summed E-state index contributed by atoms with van der Waals surface area (Å²) < 4.78 is 0. The average molecular weight is 313 g/mol. The number of hydrogen-bond donors (Lipinski definition) is 0. The SMILES string of the molecule is [CH3-].[CH3-].[Zr+3].c1ccc(-c2cccc3[cH-]ccc23)cc1. The molecule has 0 amide bonds. The van der Waals surface area contributed by atoms with Gasteiger partial charge in [-0.3, -0.25) is 0 Å². The van der Waals surface area contributed by atoms with Gasteiger partial charge in [0.1, 0.15) is 0 Å². The quantitative estimate of drug-likeness (QED) is 0.547. The Balaban J connectivity index is 0.000000963. The fraction of sp³-hybridized carbons (Fsp3) is 0. The summed E-state index contributed by atoms with van der Waals surface area (Å²) in [6.45, 7) is 0. The van der Waals surface area contributed by atoms with E-state index in [0.717, 1.165) is 0 Å². The Bertz CT molecular complexity index is 579. The summed E-state index contributed by atoms with van der Waals surface area (Å²) in [6, 6.07) is 23.4. The van der Waals surface area contributed by atoms with Gasteiger partial charge in [0.15, 0.2) is 0 Å². The molecule has 3 aromatic carbocycles. The van der Waals surface area contributed by atoms with Gasteiger partial charge < -0.3 is 14.9 Å². The molecule has 0 bridgehead atoms. The Labute approximate surface area is 129 Å². The summed E-state index contributed by atoms with van der Waals surface area (Å²) >= 11 is 0. The van der Waals surface area contributed by atoms with Crippen LogP contribution in [0.4, 0.5) is 0 Å². The van der Waals surface area contributed by atoms with Gasteiger partial charge in [0.2, 0.25) is 0 Å². The Hall–Kier alpha value is -1.07. The van der Waals surface area contributed by atoms with Crippen LogP contribution >= 0.6 is 0 Å². The van der Waals surface area contributed by atoms with Crippen molar-refractivity contribution >= 4 is 10.8 Å². The number of fused-ring (bicyclic) bond motifs is 1. The minimum absolute atomic E-state index is 0. The molecule has 0 heterocycles. The van der Waals surface area contributed by atoms with Gasteiger partial charge in [-0.05, 0) is 5.56 Å². The van der Waals surface area contributed by atoms with E-state index in [1.54, 1.807) is 0 Å². The minimum Gasteiger partial charge on any atom is -0.358 e. The Morgan fingerprint density at radius 2 is 1.44 bits per heavy atom. The molecule has 0 aliphatic heterocycles. The Morgan fingerprint density at radius 3 is 2.17 bits per heavy atom. The fourth-order valence-electron chi connectivity index (χ4n) is 2.03. The van der Waals surface area contributed by atoms with Gasteiger partial charge in [-0.1, -0.05) is 42.0 Å². The molecule has 0 aliphatic carbocycles. The molecule has 3 rings (SSSR count). The van der Waals surface area contributed by atoms with E-state index in [0.29, 0.717) is 0 Å². The molecule has 89 valence electrons. The van der Waals surface area contributed by atoms with Crippen molar-refractivity contribution in [2.45, 2.75) is 0 Å². The summed E-state index contributed by atoms with van der Waals surface area (Å²) in [5, 5.41) is 2.65. The number of rotatable bonds is 1. The zero-order chi connectivity index (χ0) is 10.1. The first-order chi connectivity index (χ1) is 7.45. The van der Waals surface area contributed by atoms with Crippen LogP contribution in [0.1, 0.15) is 0 Å². The topological polar surface area (TPSA) is 0 Å². The number of benzene rings is 2. The predicted molar refractivity (Wildman–Crippen MR) is 77.8 cm³/mol. The van der Waals surface area contributed by atoms with Crippen molar-refractivity contribution in [2.24, 2.45) is 0 Å². The van der Waals surface area contributed by atoms with Crippen molar-refractivity contribution < 1.29 is 26.2 Å². The average Bonchev–Trinajstić information content (AvgIpc) is 2.78. The van der Waals surface area contributed by atoms with Gasteiger partial charge in [0.25, 0.3) is 0 Å². The predicted octanol–water partition coefficient (Wildman–Crippen LogP) is 5.12. The molecule has 0 aliphatic rings. The summed E-state index contributed by atoms with van der Waals surface area (Å²) in [7, 11) is 0. The molecule has 1 heteroatoms. The molecule has 18 heavy (non-hydrogen) atoms. The van der Waals surface area contributed by atoms with Crippen LogP contribution < -0.4 is 0 Å². The molecular weight excluding hydrogens is 295 g/mol. The molecule has 0 fully saturated rings. The monoisotopic (exact) mass is 311 g/mol. The van der Waals surface area contributed by atoms with Crippen molar-refractivity contribution in [3.63, 3.8) is 0 Å². The molecule has 0 saturated heterocycles. The first-order valence-corrected chi connectivity index (χ1v) is 5.15. The van der Waals surface area contributed by atoms with Gasteiger partial charge in [-0.2, -0.15) is 12.1 Å². The van der Waals surface area contributed by atoms with E-state index in [-0.39, 0.29) is 41.1 Å². The van der Waals surface area contributed by atoms with E-state index in [2.05, 4.69) is 66.7 Å². The van der Waals surface area contributed by atoms with Crippen molar-refractivity contribution in [1.29, 1.82) is 0 Å². The molecule has 0 saturated carbocycles. The largest absolute Gasteiger partial charge is 3.00 e. The van der Waals surface area contributed by atoms with Gasteiger partial charge in [-0.25, -0.2) is 0 Å². The van der Waals surface area contributed by atoms with Gasteiger partial charge in [0, 0.05) is 0 Å². The number of hydrogen-bond acceptors (Lipinski definition) is 0. The van der Waals surface area contributed by atoms with Crippen LogP contribution in [0.2, 0.25) is 0 Å².